The van der Waals surface area contributed by atoms with Gasteiger partial charge < -0.3 is 9.64 Å². The number of thiazole rings is 1. The number of aryl methyl sites for hydroxylation is 1. The number of thiophene rings is 1. The van der Waals surface area contributed by atoms with E-state index in [4.69, 9.17) is 16.3 Å². The zero-order valence-electron chi connectivity index (χ0n) is 16.6. The summed E-state index contributed by atoms with van der Waals surface area (Å²) >= 11 is 8.73. The van der Waals surface area contributed by atoms with Crippen LogP contribution in [0.2, 0.25) is 5.02 Å². The van der Waals surface area contributed by atoms with Gasteiger partial charge in [-0.3, -0.25) is 14.2 Å². The summed E-state index contributed by atoms with van der Waals surface area (Å²) in [5, 5.41) is 10.4. The van der Waals surface area contributed by atoms with Gasteiger partial charge in [-0.25, -0.2) is 0 Å². The molecule has 3 heterocycles. The first-order valence-electron chi connectivity index (χ1n) is 9.55. The Balaban J connectivity index is 1.98. The largest absolute Gasteiger partial charge is 0.378 e. The van der Waals surface area contributed by atoms with E-state index in [-0.39, 0.29) is 11.1 Å². The van der Waals surface area contributed by atoms with Crippen molar-refractivity contribution in [2.75, 3.05) is 26.3 Å². The maximum Gasteiger partial charge on any atom is 0.273 e. The number of carbonyl (C=O) groups is 1. The number of hydrogen-bond donors (Lipinski definition) is 0. The highest BCUT2D eigenvalue weighted by atomic mass is 35.5. The highest BCUT2D eigenvalue weighted by Gasteiger charge is 2.24. The van der Waals surface area contributed by atoms with E-state index < -0.39 is 5.91 Å². The van der Waals surface area contributed by atoms with Gasteiger partial charge in [-0.05, 0) is 49.4 Å². The summed E-state index contributed by atoms with van der Waals surface area (Å²) in [6, 6.07) is 12.7. The van der Waals surface area contributed by atoms with Crippen molar-refractivity contribution in [2.45, 2.75) is 6.92 Å². The average molecular weight is 472 g/mol. The van der Waals surface area contributed by atoms with Crippen molar-refractivity contribution in [3.8, 4) is 11.8 Å². The van der Waals surface area contributed by atoms with Crippen LogP contribution in [-0.4, -0.2) is 41.7 Å². The Hall–Kier alpha value is -2.70. The van der Waals surface area contributed by atoms with Crippen LogP contribution in [-0.2, 0) is 9.53 Å². The van der Waals surface area contributed by atoms with Crippen LogP contribution in [0.15, 0.2) is 41.2 Å². The van der Waals surface area contributed by atoms with Crippen LogP contribution in [0.3, 0.4) is 0 Å². The molecule has 0 spiro atoms. The Labute approximate surface area is 191 Å². The van der Waals surface area contributed by atoms with Crippen molar-refractivity contribution in [2.24, 2.45) is 0 Å². The molecule has 9 heteroatoms. The van der Waals surface area contributed by atoms with Gasteiger partial charge in [0.2, 0.25) is 0 Å². The lowest BCUT2D eigenvalue weighted by Gasteiger charge is -2.26. The van der Waals surface area contributed by atoms with Gasteiger partial charge in [0, 0.05) is 27.9 Å². The summed E-state index contributed by atoms with van der Waals surface area (Å²) in [5.74, 6) is -0.395. The first kappa shape index (κ1) is 21.5. The van der Waals surface area contributed by atoms with Crippen molar-refractivity contribution in [3.63, 3.8) is 0 Å². The highest BCUT2D eigenvalue weighted by molar-refractivity contribution is 7.13. The molecule has 0 saturated carbocycles. The van der Waals surface area contributed by atoms with Crippen molar-refractivity contribution >= 4 is 51.8 Å². The summed E-state index contributed by atoms with van der Waals surface area (Å²) in [7, 11) is 0. The molecule has 1 aliphatic rings. The third kappa shape index (κ3) is 4.50. The number of halogens is 1. The normalized spacial score (nSPS) is 15.6. The number of aromatic nitrogens is 1. The van der Waals surface area contributed by atoms with Crippen LogP contribution in [0.4, 0.5) is 0 Å². The van der Waals surface area contributed by atoms with E-state index in [1.165, 1.54) is 4.57 Å². The van der Waals surface area contributed by atoms with E-state index in [1.807, 2.05) is 25.1 Å². The number of morpholine rings is 1. The molecule has 6 nitrogen and oxygen atoms in total. The molecule has 0 radical (unpaired) electrons. The fraction of sp³-hybridized carbons (Fsp3) is 0.227. The van der Waals surface area contributed by atoms with Crippen molar-refractivity contribution in [3.05, 3.63) is 70.7 Å². The van der Waals surface area contributed by atoms with E-state index in [0.29, 0.717) is 46.2 Å². The van der Waals surface area contributed by atoms with Gasteiger partial charge in [-0.1, -0.05) is 11.6 Å². The maximum atomic E-state index is 13.4. The van der Waals surface area contributed by atoms with Crippen molar-refractivity contribution < 1.29 is 9.53 Å². The fourth-order valence-corrected chi connectivity index (χ4v) is 5.36. The van der Waals surface area contributed by atoms with Gasteiger partial charge in [0.1, 0.15) is 10.7 Å². The molecule has 1 saturated heterocycles. The van der Waals surface area contributed by atoms with E-state index in [1.54, 1.807) is 46.6 Å². The summed E-state index contributed by atoms with van der Waals surface area (Å²) in [6.45, 7) is 3.67. The lowest BCUT2D eigenvalue weighted by atomic mass is 10.2. The van der Waals surface area contributed by atoms with Gasteiger partial charge in [0.05, 0.1) is 23.4 Å². The second-order valence-corrected chi connectivity index (χ2v) is 9.66. The third-order valence-corrected chi connectivity index (χ3v) is 7.07. The second kappa shape index (κ2) is 9.20. The summed E-state index contributed by atoms with van der Waals surface area (Å²) < 4.78 is 7.49. The molecule has 0 N–H and O–H groups in total. The Bertz CT molecular complexity index is 1340. The number of amides is 1. The van der Waals surface area contributed by atoms with Gasteiger partial charge in [0.15, 0.2) is 5.57 Å². The minimum Gasteiger partial charge on any atom is -0.378 e. The number of ether oxygens (including phenoxy) is 1. The number of rotatable bonds is 3. The molecular formula is C22H18ClN3O3S2. The molecule has 0 aliphatic carbocycles. The highest BCUT2D eigenvalue weighted by Crippen LogP contribution is 2.16. The molecule has 0 atom stereocenters. The smallest absolute Gasteiger partial charge is 0.273 e. The average Bonchev–Trinajstić information content (AvgIpc) is 3.33. The zero-order valence-corrected chi connectivity index (χ0v) is 19.0. The molecule has 4 rings (SSSR count). The van der Waals surface area contributed by atoms with Crippen molar-refractivity contribution in [1.29, 1.82) is 5.26 Å². The molecular weight excluding hydrogens is 454 g/mol. The number of carbonyl (C=O) groups excluding carboxylic acids is 1. The minimum atomic E-state index is -0.395. The minimum absolute atomic E-state index is 0.0547. The van der Waals surface area contributed by atoms with E-state index in [2.05, 4.69) is 0 Å². The Morgan fingerprint density at radius 2 is 1.87 bits per heavy atom. The van der Waals surface area contributed by atoms with Gasteiger partial charge in [-0.15, -0.1) is 22.7 Å². The lowest BCUT2D eigenvalue weighted by Crippen LogP contribution is -2.42. The van der Waals surface area contributed by atoms with Crippen LogP contribution >= 0.6 is 34.3 Å². The van der Waals surface area contributed by atoms with Crippen LogP contribution in [0.1, 0.15) is 9.75 Å². The summed E-state index contributed by atoms with van der Waals surface area (Å²) in [4.78, 5) is 30.1. The molecule has 1 amide bonds. The molecule has 0 unspecified atom stereocenters. The Morgan fingerprint density at radius 3 is 2.48 bits per heavy atom. The molecule has 0 bridgehead atoms. The Kier molecular flexibility index (Phi) is 6.39. The van der Waals surface area contributed by atoms with E-state index in [9.17, 15) is 14.9 Å². The molecule has 2 aromatic heterocycles. The van der Waals surface area contributed by atoms with Gasteiger partial charge >= 0.3 is 0 Å². The maximum absolute atomic E-state index is 13.4. The van der Waals surface area contributed by atoms with Gasteiger partial charge in [0.25, 0.3) is 11.5 Å². The Morgan fingerprint density at radius 1 is 1.16 bits per heavy atom. The topological polar surface area (TPSA) is 75.3 Å². The predicted octanol–water partition coefficient (Wildman–Crippen LogP) is 2.28. The molecule has 158 valence electrons. The molecule has 1 fully saturated rings. The summed E-state index contributed by atoms with van der Waals surface area (Å²) in [5.41, 5.74) is 0.210. The number of nitrogens with zero attached hydrogens (tertiary/aromatic N) is 3. The van der Waals surface area contributed by atoms with Crippen LogP contribution < -0.4 is 14.8 Å². The first-order valence-corrected chi connectivity index (χ1v) is 11.6. The predicted molar refractivity (Wildman–Crippen MR) is 123 cm³/mol. The number of nitriles is 1. The van der Waals surface area contributed by atoms with Crippen LogP contribution in [0.5, 0.6) is 0 Å². The zero-order chi connectivity index (χ0) is 22.0. The SMILES string of the molecule is Cc1ccc(/C=c2\s/c(=C(/C#N)C(=O)N3CCOCC3)n(-c3ccc(Cl)cc3)c2=O)s1. The van der Waals surface area contributed by atoms with Crippen LogP contribution in [0, 0.1) is 18.3 Å². The summed E-state index contributed by atoms with van der Waals surface area (Å²) in [6.07, 6.45) is 1.80. The quantitative estimate of drug-likeness (QED) is 0.587. The number of hydrogen-bond acceptors (Lipinski definition) is 6. The standard InChI is InChI=1S/C22H18ClN3O3S2/c1-14-2-7-17(30-14)12-19-21(28)26(16-5-3-15(23)4-6-16)22(31-19)18(13-24)20(27)25-8-10-29-11-9-25/h2-7,12H,8-11H2,1H3/b19-12-,22-18-. The van der Waals surface area contributed by atoms with Gasteiger partial charge in [-0.2, -0.15) is 5.26 Å². The second-order valence-electron chi connectivity index (χ2n) is 6.87. The lowest BCUT2D eigenvalue weighted by molar-refractivity contribution is -0.128. The van der Waals surface area contributed by atoms with Crippen LogP contribution in [0.25, 0.3) is 17.3 Å². The van der Waals surface area contributed by atoms with E-state index in [0.717, 1.165) is 21.1 Å². The molecule has 31 heavy (non-hydrogen) atoms. The van der Waals surface area contributed by atoms with Crippen molar-refractivity contribution in [1.82, 2.24) is 9.47 Å². The monoisotopic (exact) mass is 471 g/mol. The molecule has 1 aliphatic heterocycles. The number of benzene rings is 1. The molecule has 1 aromatic carbocycles. The molecule has 3 aromatic rings. The van der Waals surface area contributed by atoms with E-state index >= 15 is 0 Å². The fourth-order valence-electron chi connectivity index (χ4n) is 3.25. The first-order chi connectivity index (χ1) is 15.0. The third-order valence-electron chi connectivity index (χ3n) is 4.78.